The van der Waals surface area contributed by atoms with Crippen LogP contribution in [0.4, 0.5) is 18.9 Å². The number of hydrogen-bond donors (Lipinski definition) is 0. The number of alkyl halides is 3. The fourth-order valence-electron chi connectivity index (χ4n) is 3.84. The van der Waals surface area contributed by atoms with Crippen molar-refractivity contribution >= 4 is 23.9 Å². The Balaban J connectivity index is 0.00000324. The van der Waals surface area contributed by atoms with Gasteiger partial charge in [-0.05, 0) is 47.7 Å². The number of benzene rings is 3. The van der Waals surface area contributed by atoms with Crippen molar-refractivity contribution in [3.05, 3.63) is 112 Å². The Morgan fingerprint density at radius 2 is 1.53 bits per heavy atom. The third-order valence-corrected chi connectivity index (χ3v) is 5.79. The van der Waals surface area contributed by atoms with Gasteiger partial charge in [-0.2, -0.15) is 13.2 Å². The highest BCUT2D eigenvalue weighted by atomic mass is 35.5. The Bertz CT molecular complexity index is 1160. The van der Waals surface area contributed by atoms with Crippen molar-refractivity contribution in [2.45, 2.75) is 44.6 Å². The van der Waals surface area contributed by atoms with E-state index in [2.05, 4.69) is 9.74 Å². The highest BCUT2D eigenvalue weighted by molar-refractivity contribution is 5.97. The first kappa shape index (κ1) is 25.5. The lowest BCUT2D eigenvalue weighted by Gasteiger charge is -2.23. The summed E-state index contributed by atoms with van der Waals surface area (Å²) >= 11 is 0. The summed E-state index contributed by atoms with van der Waals surface area (Å²) in [5.74, 6) is 0.00752. The van der Waals surface area contributed by atoms with Crippen LogP contribution in [0.15, 0.2) is 72.8 Å². The van der Waals surface area contributed by atoms with Gasteiger partial charge in [-0.15, -0.1) is 12.4 Å². The molecule has 3 aromatic rings. The van der Waals surface area contributed by atoms with E-state index in [-0.39, 0.29) is 24.6 Å². The molecule has 34 heavy (non-hydrogen) atoms. The Labute approximate surface area is 203 Å². The Morgan fingerprint density at radius 1 is 0.912 bits per heavy atom. The number of Topliss-reactive ketones (excluding diaryl/α,β-unsaturated/α-hetero) is 1. The maximum absolute atomic E-state index is 12.8. The van der Waals surface area contributed by atoms with Gasteiger partial charge in [-0.1, -0.05) is 54.6 Å². The van der Waals surface area contributed by atoms with E-state index in [9.17, 15) is 18.0 Å². The van der Waals surface area contributed by atoms with Crippen LogP contribution in [0.1, 0.15) is 45.5 Å². The summed E-state index contributed by atoms with van der Waals surface area (Å²) in [6.45, 7) is 8.21. The molecule has 0 spiro atoms. The van der Waals surface area contributed by atoms with Gasteiger partial charge in [0.25, 0.3) is 0 Å². The number of nitrogens with zero attached hydrogens (tertiary/aromatic N) is 2. The molecule has 1 fully saturated rings. The second-order valence-electron chi connectivity index (χ2n) is 8.41. The molecule has 0 aromatic heterocycles. The first-order valence-electron chi connectivity index (χ1n) is 10.8. The minimum atomic E-state index is -4.33. The van der Waals surface area contributed by atoms with Gasteiger partial charge in [0, 0.05) is 31.1 Å². The second kappa shape index (κ2) is 10.9. The van der Waals surface area contributed by atoms with Crippen LogP contribution < -0.4 is 0 Å². The zero-order valence-corrected chi connectivity index (χ0v) is 19.2. The molecule has 1 aliphatic carbocycles. The van der Waals surface area contributed by atoms with E-state index < -0.39 is 11.7 Å². The van der Waals surface area contributed by atoms with Crippen molar-refractivity contribution in [2.75, 3.05) is 0 Å². The van der Waals surface area contributed by atoms with Gasteiger partial charge in [0.15, 0.2) is 11.5 Å². The molecule has 0 unspecified atom stereocenters. The number of ketones is 1. The lowest BCUT2D eigenvalue weighted by atomic mass is 10.0. The fourth-order valence-corrected chi connectivity index (χ4v) is 3.84. The SMILES string of the molecule is Cl.[C-]#[N+]c1ccc(CC(=O)c2cccc(CN(Cc3ccc(C(F)(F)F)cc3)C3CC3)c2)cc1. The molecule has 3 nitrogen and oxygen atoms in total. The van der Waals surface area contributed by atoms with Crippen LogP contribution in [0.2, 0.25) is 0 Å². The molecule has 0 heterocycles. The summed E-state index contributed by atoms with van der Waals surface area (Å²) in [7, 11) is 0. The maximum Gasteiger partial charge on any atom is 0.416 e. The third-order valence-electron chi connectivity index (χ3n) is 5.79. The Hall–Kier alpha value is -3.14. The molecule has 0 aliphatic heterocycles. The molecule has 0 radical (unpaired) electrons. The summed E-state index contributed by atoms with van der Waals surface area (Å²) in [5.41, 5.74) is 3.24. The smallest absolute Gasteiger partial charge is 0.294 e. The van der Waals surface area contributed by atoms with Crippen LogP contribution in [0.3, 0.4) is 0 Å². The number of hydrogen-bond acceptors (Lipinski definition) is 2. The average Bonchev–Trinajstić information content (AvgIpc) is 3.65. The molecule has 0 atom stereocenters. The largest absolute Gasteiger partial charge is 0.416 e. The lowest BCUT2D eigenvalue weighted by Crippen LogP contribution is -2.25. The van der Waals surface area contributed by atoms with Crippen LogP contribution in [0.25, 0.3) is 4.85 Å². The van der Waals surface area contributed by atoms with E-state index in [0.717, 1.165) is 41.7 Å². The van der Waals surface area contributed by atoms with Crippen LogP contribution in [-0.4, -0.2) is 16.7 Å². The van der Waals surface area contributed by atoms with Crippen molar-refractivity contribution in [3.8, 4) is 0 Å². The standard InChI is InChI=1S/C27H23F3N2O.ClH/c1-31-24-11-7-19(8-12-24)16-26(33)22-4-2-3-21(15-22)18-32(25-13-14-25)17-20-5-9-23(10-6-20)27(28,29)30;/h2-12,15,25H,13-14,16-18H2;1H. The molecule has 0 saturated heterocycles. The highest BCUT2D eigenvalue weighted by Gasteiger charge is 2.31. The van der Waals surface area contributed by atoms with Crippen molar-refractivity contribution < 1.29 is 18.0 Å². The summed E-state index contributed by atoms with van der Waals surface area (Å²) in [5, 5.41) is 0. The average molecular weight is 485 g/mol. The van der Waals surface area contributed by atoms with Crippen LogP contribution >= 0.6 is 12.4 Å². The summed E-state index contributed by atoms with van der Waals surface area (Å²) in [4.78, 5) is 18.4. The fraction of sp³-hybridized carbons (Fsp3) is 0.259. The van der Waals surface area contributed by atoms with E-state index in [1.807, 2.05) is 18.2 Å². The van der Waals surface area contributed by atoms with E-state index in [0.29, 0.717) is 30.4 Å². The van der Waals surface area contributed by atoms with Gasteiger partial charge >= 0.3 is 6.18 Å². The predicted molar refractivity (Wildman–Crippen MR) is 128 cm³/mol. The molecule has 0 N–H and O–H groups in total. The normalized spacial score (nSPS) is 13.3. The van der Waals surface area contributed by atoms with Crippen molar-refractivity contribution in [1.29, 1.82) is 0 Å². The molecule has 1 aliphatic rings. The van der Waals surface area contributed by atoms with Gasteiger partial charge in [0.1, 0.15) is 0 Å². The highest BCUT2D eigenvalue weighted by Crippen LogP contribution is 2.32. The minimum Gasteiger partial charge on any atom is -0.294 e. The van der Waals surface area contributed by atoms with Crippen molar-refractivity contribution in [3.63, 3.8) is 0 Å². The predicted octanol–water partition coefficient (Wildman–Crippen LogP) is 7.27. The molecule has 1 saturated carbocycles. The van der Waals surface area contributed by atoms with Gasteiger partial charge in [-0.3, -0.25) is 9.69 Å². The van der Waals surface area contributed by atoms with Gasteiger partial charge in [0.05, 0.1) is 12.1 Å². The quantitative estimate of drug-likeness (QED) is 0.248. The number of halogens is 4. The monoisotopic (exact) mass is 484 g/mol. The molecule has 7 heteroatoms. The first-order valence-corrected chi connectivity index (χ1v) is 10.8. The van der Waals surface area contributed by atoms with Crippen molar-refractivity contribution in [1.82, 2.24) is 4.90 Å². The zero-order valence-electron chi connectivity index (χ0n) is 18.4. The van der Waals surface area contributed by atoms with E-state index in [4.69, 9.17) is 6.57 Å². The molecular weight excluding hydrogens is 461 g/mol. The molecular formula is C27H24ClF3N2O. The van der Waals surface area contributed by atoms with Crippen LogP contribution in [-0.2, 0) is 25.7 Å². The van der Waals surface area contributed by atoms with Gasteiger partial charge in [0.2, 0.25) is 0 Å². The second-order valence-corrected chi connectivity index (χ2v) is 8.41. The van der Waals surface area contributed by atoms with Crippen molar-refractivity contribution in [2.24, 2.45) is 0 Å². The molecule has 3 aromatic carbocycles. The number of carbonyl (C=O) groups is 1. The minimum absolute atomic E-state index is 0. The summed E-state index contributed by atoms with van der Waals surface area (Å²) in [6, 6.07) is 20.3. The summed E-state index contributed by atoms with van der Waals surface area (Å²) < 4.78 is 38.5. The van der Waals surface area contributed by atoms with Gasteiger partial charge in [-0.25, -0.2) is 4.85 Å². The topological polar surface area (TPSA) is 24.7 Å². The lowest BCUT2D eigenvalue weighted by molar-refractivity contribution is -0.137. The first-order chi connectivity index (χ1) is 15.8. The number of rotatable bonds is 8. The summed E-state index contributed by atoms with van der Waals surface area (Å²) in [6.07, 6.45) is -1.93. The Kier molecular flexibility index (Phi) is 8.14. The molecule has 0 bridgehead atoms. The van der Waals surface area contributed by atoms with E-state index >= 15 is 0 Å². The van der Waals surface area contributed by atoms with Crippen LogP contribution in [0, 0.1) is 6.57 Å². The zero-order chi connectivity index (χ0) is 23.4. The van der Waals surface area contributed by atoms with Gasteiger partial charge < -0.3 is 0 Å². The van der Waals surface area contributed by atoms with E-state index in [1.165, 1.54) is 12.1 Å². The molecule has 176 valence electrons. The van der Waals surface area contributed by atoms with E-state index in [1.54, 1.807) is 30.3 Å². The Morgan fingerprint density at radius 3 is 2.12 bits per heavy atom. The third kappa shape index (κ3) is 6.69. The molecule has 4 rings (SSSR count). The van der Waals surface area contributed by atoms with Crippen LogP contribution in [0.5, 0.6) is 0 Å². The number of carbonyl (C=O) groups excluding carboxylic acids is 1. The molecule has 0 amide bonds. The maximum atomic E-state index is 12.8.